The van der Waals surface area contributed by atoms with Crippen LogP contribution >= 0.6 is 0 Å². The van der Waals surface area contributed by atoms with Crippen molar-refractivity contribution in [1.29, 1.82) is 0 Å². The van der Waals surface area contributed by atoms with Crippen LogP contribution in [0.25, 0.3) is 90.9 Å². The molecule has 4 nitrogen and oxygen atoms in total. The highest BCUT2D eigenvalue weighted by Gasteiger charge is 2.28. The van der Waals surface area contributed by atoms with Gasteiger partial charge in [-0.15, -0.1) is 0 Å². The molecule has 0 saturated carbocycles. The van der Waals surface area contributed by atoms with E-state index in [1.54, 1.807) is 0 Å². The molecule has 370 valence electrons. The van der Waals surface area contributed by atoms with Gasteiger partial charge < -0.3 is 9.97 Å². The number of rotatable bonds is 8. The van der Waals surface area contributed by atoms with E-state index >= 15 is 0 Å². The normalized spacial score (nSPS) is 13.2. The Balaban J connectivity index is 1.51. The Morgan fingerprint density at radius 2 is 0.472 bits per heavy atom. The number of H-pyrrole nitrogens is 2. The second-order valence-electron chi connectivity index (χ2n) is 25.4. The summed E-state index contributed by atoms with van der Waals surface area (Å²) in [5, 5.41) is 6.01. The molecule has 0 aliphatic carbocycles. The van der Waals surface area contributed by atoms with Gasteiger partial charge in [0.2, 0.25) is 0 Å². The van der Waals surface area contributed by atoms with Crippen LogP contribution in [0.2, 0.25) is 78.6 Å². The van der Waals surface area contributed by atoms with Crippen molar-refractivity contribution in [2.24, 2.45) is 0 Å². The van der Waals surface area contributed by atoms with Crippen LogP contribution in [-0.4, -0.2) is 52.2 Å². The molecule has 0 radical (unpaired) electrons. The summed E-state index contributed by atoms with van der Waals surface area (Å²) in [5.74, 6) is 0. The summed E-state index contributed by atoms with van der Waals surface area (Å²) in [6.07, 6.45) is 9.03. The molecular formula is C64H78N4Si4. The van der Waals surface area contributed by atoms with Crippen LogP contribution < -0.4 is 20.7 Å². The standard InChI is InChI=1S/C64H78N4Si4/c1-37-33-57(69(9,10)11)41(5)29-45(37)61-49-21-23-51(65-49)62(46-30-42(6)58(34-38(46)2)70(12,13)14)53-25-27-55(67-53)64(48-32-44(8)60(36-40(48)4)72(18,19)20)56-28-26-54(68-56)63(52-24-22-50(61)66-52)47-31-43(7)59(35-39(47)3)71(15,16)17/h21-36,65,68H,1-20H3. The van der Waals surface area contributed by atoms with Crippen molar-refractivity contribution in [2.75, 3.05) is 0 Å². The number of aromatic nitrogens is 4. The van der Waals surface area contributed by atoms with Crippen molar-refractivity contribution < 1.29 is 0 Å². The molecule has 2 aliphatic rings. The van der Waals surface area contributed by atoms with Crippen LogP contribution in [0.5, 0.6) is 0 Å². The van der Waals surface area contributed by atoms with Crippen LogP contribution in [-0.2, 0) is 0 Å². The van der Waals surface area contributed by atoms with Crippen LogP contribution in [0.15, 0.2) is 72.8 Å². The van der Waals surface area contributed by atoms with Gasteiger partial charge >= 0.3 is 0 Å². The second-order valence-corrected chi connectivity index (χ2v) is 45.6. The zero-order valence-corrected chi connectivity index (χ0v) is 51.1. The number of hydrogen-bond acceptors (Lipinski definition) is 2. The van der Waals surface area contributed by atoms with E-state index < -0.39 is 32.3 Å². The molecule has 2 N–H and O–H groups in total. The van der Waals surface area contributed by atoms with E-state index in [2.05, 4.69) is 241 Å². The quantitative estimate of drug-likeness (QED) is 0.149. The van der Waals surface area contributed by atoms with E-state index in [0.717, 1.165) is 67.1 Å². The molecule has 72 heavy (non-hydrogen) atoms. The average molecular weight is 1020 g/mol. The highest BCUT2D eigenvalue weighted by atomic mass is 28.3. The molecule has 4 aromatic carbocycles. The Morgan fingerprint density at radius 1 is 0.278 bits per heavy atom. The number of nitrogens with one attached hydrogen (secondary N) is 2. The van der Waals surface area contributed by atoms with Crippen molar-refractivity contribution in [3.63, 3.8) is 0 Å². The van der Waals surface area contributed by atoms with Gasteiger partial charge in [-0.25, -0.2) is 9.97 Å². The first-order chi connectivity index (χ1) is 33.5. The first-order valence-corrected chi connectivity index (χ1v) is 40.2. The molecule has 0 saturated heterocycles. The van der Waals surface area contributed by atoms with Crippen molar-refractivity contribution in [3.8, 4) is 44.5 Å². The fourth-order valence-electron chi connectivity index (χ4n) is 11.9. The molecule has 0 atom stereocenters. The zero-order valence-electron chi connectivity index (χ0n) is 47.1. The summed E-state index contributed by atoms with van der Waals surface area (Å²) in [5.41, 5.74) is 27.6. The Kier molecular flexibility index (Phi) is 12.9. The third-order valence-electron chi connectivity index (χ3n) is 15.3. The highest BCUT2D eigenvalue weighted by molar-refractivity contribution is 6.90. The van der Waals surface area contributed by atoms with Gasteiger partial charge in [0.25, 0.3) is 0 Å². The van der Waals surface area contributed by atoms with Crippen LogP contribution in [0, 0.1) is 55.4 Å². The van der Waals surface area contributed by atoms with Gasteiger partial charge in [0, 0.05) is 44.3 Å². The SMILES string of the molecule is Cc1cc([Si](C)(C)C)c(C)cc1-c1c2nc(c(-c3cc(C)c([Si](C)(C)C)cc3C)c3ccc([nH]3)c(-c3cc(C)c([Si](C)(C)C)cc3C)c3nc(c(-c4cc(C)c([Si](C)(C)C)cc4C)c4ccc1[nH]4)C=C3)C=C2. The molecule has 3 aromatic heterocycles. The minimum atomic E-state index is -1.62. The molecule has 7 aromatic rings. The molecule has 0 fully saturated rings. The monoisotopic (exact) mass is 1010 g/mol. The summed E-state index contributed by atoms with van der Waals surface area (Å²) in [6.45, 7) is 47.8. The maximum absolute atomic E-state index is 5.77. The molecule has 5 heterocycles. The fourth-order valence-corrected chi connectivity index (χ4v) is 19.5. The third kappa shape index (κ3) is 9.33. The predicted molar refractivity (Wildman–Crippen MR) is 330 cm³/mol. The number of aromatic amines is 2. The highest BCUT2D eigenvalue weighted by Crippen LogP contribution is 2.41. The van der Waals surface area contributed by atoms with Crippen LogP contribution in [0.3, 0.4) is 0 Å². The maximum Gasteiger partial charge on any atom is 0.0779 e. The summed E-state index contributed by atoms with van der Waals surface area (Å²) < 4.78 is 0. The lowest BCUT2D eigenvalue weighted by molar-refractivity contribution is 1.29. The molecule has 0 unspecified atom stereocenters. The van der Waals surface area contributed by atoms with Crippen molar-refractivity contribution in [2.45, 2.75) is 134 Å². The van der Waals surface area contributed by atoms with Gasteiger partial charge in [-0.2, -0.15) is 0 Å². The minimum Gasteiger partial charge on any atom is -0.354 e. The van der Waals surface area contributed by atoms with Gasteiger partial charge in [-0.1, -0.05) is 170 Å². The van der Waals surface area contributed by atoms with E-state index in [0.29, 0.717) is 0 Å². The number of fused-ring (bicyclic) bond motifs is 8. The smallest absolute Gasteiger partial charge is 0.0779 e. The van der Waals surface area contributed by atoms with E-state index in [9.17, 15) is 0 Å². The molecule has 9 rings (SSSR count). The number of nitrogens with zero attached hydrogens (tertiary/aromatic N) is 2. The van der Waals surface area contributed by atoms with Crippen molar-refractivity contribution >= 4 is 99.4 Å². The Morgan fingerprint density at radius 3 is 0.653 bits per heavy atom. The molecule has 2 aliphatic heterocycles. The Labute approximate surface area is 435 Å². The van der Waals surface area contributed by atoms with Gasteiger partial charge in [-0.3, -0.25) is 0 Å². The first-order valence-electron chi connectivity index (χ1n) is 26.2. The van der Waals surface area contributed by atoms with Crippen LogP contribution in [0.1, 0.15) is 67.3 Å². The predicted octanol–water partition coefficient (Wildman–Crippen LogP) is 16.0. The van der Waals surface area contributed by atoms with Gasteiger partial charge in [-0.05, 0) is 148 Å². The minimum absolute atomic E-state index is 0.953. The number of aryl methyl sites for hydroxylation is 8. The number of benzene rings is 4. The summed E-state index contributed by atoms with van der Waals surface area (Å²) >= 11 is 0. The van der Waals surface area contributed by atoms with E-state index in [-0.39, 0.29) is 0 Å². The lowest BCUT2D eigenvalue weighted by Gasteiger charge is -2.22. The van der Waals surface area contributed by atoms with E-state index in [4.69, 9.17) is 9.97 Å². The van der Waals surface area contributed by atoms with Crippen molar-refractivity contribution in [3.05, 3.63) is 140 Å². The zero-order chi connectivity index (χ0) is 52.3. The van der Waals surface area contributed by atoms with Gasteiger partial charge in [0.1, 0.15) is 0 Å². The summed E-state index contributed by atoms with van der Waals surface area (Å²) in [4.78, 5) is 19.7. The first kappa shape index (κ1) is 51.3. The molecule has 0 amide bonds. The summed E-state index contributed by atoms with van der Waals surface area (Å²) in [6, 6.07) is 28.8. The Bertz CT molecular complexity index is 3170. The van der Waals surface area contributed by atoms with Crippen molar-refractivity contribution in [1.82, 2.24) is 19.9 Å². The van der Waals surface area contributed by atoms with E-state index in [1.807, 2.05) is 0 Å². The average Bonchev–Trinajstić information content (AvgIpc) is 4.11. The van der Waals surface area contributed by atoms with Gasteiger partial charge in [0.05, 0.1) is 55.1 Å². The van der Waals surface area contributed by atoms with E-state index in [1.165, 1.54) is 87.5 Å². The number of hydrogen-bond donors (Lipinski definition) is 2. The third-order valence-corrected chi connectivity index (χ3v) is 24.0. The van der Waals surface area contributed by atoms with Gasteiger partial charge in [0.15, 0.2) is 0 Å². The maximum atomic E-state index is 5.77. The second kappa shape index (κ2) is 18.1. The van der Waals surface area contributed by atoms with Crippen LogP contribution in [0.4, 0.5) is 0 Å². The largest absolute Gasteiger partial charge is 0.354 e. The summed E-state index contributed by atoms with van der Waals surface area (Å²) in [7, 11) is -6.50. The fraction of sp³-hybridized carbons (Fsp3) is 0.312. The lowest BCUT2D eigenvalue weighted by atomic mass is 9.96. The lowest BCUT2D eigenvalue weighted by Crippen LogP contribution is -2.39. The Hall–Kier alpha value is -5.65. The molecule has 8 heteroatoms. The topological polar surface area (TPSA) is 57.4 Å². The molecule has 0 spiro atoms. The molecular weight excluding hydrogens is 937 g/mol. The molecule has 8 bridgehead atoms.